The van der Waals surface area contributed by atoms with Gasteiger partial charge in [0.2, 0.25) is 5.91 Å². The number of benzene rings is 2. The standard InChI is InChI=1S/C22H28N2O2S/c1-18-7-6-10-21(17-18)26-15-16-27-19(2)22(25)24-13-11-23(12-14-24)20-8-4-3-5-9-20/h3-10,17,19H,11-16H2,1-2H3. The van der Waals surface area contributed by atoms with Crippen LogP contribution in [0.4, 0.5) is 5.69 Å². The van der Waals surface area contributed by atoms with Crippen molar-refractivity contribution >= 4 is 23.4 Å². The van der Waals surface area contributed by atoms with E-state index in [0.717, 1.165) is 37.7 Å². The fourth-order valence-electron chi connectivity index (χ4n) is 3.24. The van der Waals surface area contributed by atoms with Crippen molar-refractivity contribution in [1.29, 1.82) is 0 Å². The van der Waals surface area contributed by atoms with Crippen LogP contribution in [-0.4, -0.2) is 54.6 Å². The van der Waals surface area contributed by atoms with E-state index in [1.165, 1.54) is 11.3 Å². The fourth-order valence-corrected chi connectivity index (χ4v) is 4.07. The third-order valence-electron chi connectivity index (χ3n) is 4.77. The van der Waals surface area contributed by atoms with Crippen molar-refractivity contribution in [2.75, 3.05) is 43.4 Å². The molecule has 2 aromatic rings. The van der Waals surface area contributed by atoms with Gasteiger partial charge in [-0.25, -0.2) is 0 Å². The monoisotopic (exact) mass is 384 g/mol. The van der Waals surface area contributed by atoms with E-state index in [0.29, 0.717) is 6.61 Å². The van der Waals surface area contributed by atoms with Crippen molar-refractivity contribution in [3.05, 3.63) is 60.2 Å². The molecule has 27 heavy (non-hydrogen) atoms. The van der Waals surface area contributed by atoms with Crippen LogP contribution < -0.4 is 9.64 Å². The highest BCUT2D eigenvalue weighted by Gasteiger charge is 2.25. The fraction of sp³-hybridized carbons (Fsp3) is 0.409. The minimum absolute atomic E-state index is 0.0330. The van der Waals surface area contributed by atoms with Crippen molar-refractivity contribution in [3.8, 4) is 5.75 Å². The topological polar surface area (TPSA) is 32.8 Å². The molecule has 0 aliphatic carbocycles. The molecule has 144 valence electrons. The first-order valence-corrected chi connectivity index (χ1v) is 10.6. The Morgan fingerprint density at radius 3 is 2.52 bits per heavy atom. The van der Waals surface area contributed by atoms with E-state index in [2.05, 4.69) is 42.2 Å². The molecule has 1 unspecified atom stereocenters. The summed E-state index contributed by atoms with van der Waals surface area (Å²) in [6.07, 6.45) is 0. The summed E-state index contributed by atoms with van der Waals surface area (Å²) >= 11 is 1.67. The number of hydrogen-bond donors (Lipinski definition) is 0. The van der Waals surface area contributed by atoms with Gasteiger partial charge in [-0.05, 0) is 43.7 Å². The van der Waals surface area contributed by atoms with Gasteiger partial charge in [0.05, 0.1) is 11.9 Å². The van der Waals surface area contributed by atoms with E-state index >= 15 is 0 Å². The zero-order valence-corrected chi connectivity index (χ0v) is 17.0. The van der Waals surface area contributed by atoms with Crippen molar-refractivity contribution in [2.24, 2.45) is 0 Å². The zero-order chi connectivity index (χ0) is 19.1. The number of nitrogens with zero attached hydrogens (tertiary/aromatic N) is 2. The number of carbonyl (C=O) groups is 1. The molecule has 1 saturated heterocycles. The smallest absolute Gasteiger partial charge is 0.235 e. The number of para-hydroxylation sites is 1. The van der Waals surface area contributed by atoms with E-state index in [9.17, 15) is 4.79 Å². The molecule has 5 heteroatoms. The lowest BCUT2D eigenvalue weighted by Crippen LogP contribution is -2.50. The molecule has 1 aliphatic rings. The number of anilines is 1. The Morgan fingerprint density at radius 2 is 1.81 bits per heavy atom. The maximum atomic E-state index is 12.7. The Balaban J connectivity index is 1.38. The summed E-state index contributed by atoms with van der Waals surface area (Å²) in [5.74, 6) is 1.94. The zero-order valence-electron chi connectivity index (χ0n) is 16.1. The molecule has 2 aromatic carbocycles. The molecule has 0 spiro atoms. The molecule has 1 amide bonds. The number of carbonyl (C=O) groups excluding carboxylic acids is 1. The van der Waals surface area contributed by atoms with Gasteiger partial charge in [-0.3, -0.25) is 4.79 Å². The molecule has 1 fully saturated rings. The summed E-state index contributed by atoms with van der Waals surface area (Å²) in [6, 6.07) is 18.5. The number of thioether (sulfide) groups is 1. The molecule has 0 saturated carbocycles. The van der Waals surface area contributed by atoms with Crippen LogP contribution in [-0.2, 0) is 4.79 Å². The highest BCUT2D eigenvalue weighted by atomic mass is 32.2. The van der Waals surface area contributed by atoms with E-state index in [1.54, 1.807) is 11.8 Å². The number of ether oxygens (including phenoxy) is 1. The molecular formula is C22H28N2O2S. The number of rotatable bonds is 7. The second-order valence-electron chi connectivity index (χ2n) is 6.83. The summed E-state index contributed by atoms with van der Waals surface area (Å²) in [6.45, 7) is 8.04. The molecule has 1 heterocycles. The predicted octanol–water partition coefficient (Wildman–Crippen LogP) is 3.84. The number of amides is 1. The van der Waals surface area contributed by atoms with Crippen LogP contribution in [0.15, 0.2) is 54.6 Å². The maximum Gasteiger partial charge on any atom is 0.235 e. The lowest BCUT2D eigenvalue weighted by Gasteiger charge is -2.37. The van der Waals surface area contributed by atoms with Gasteiger partial charge in [-0.1, -0.05) is 30.3 Å². The first kappa shape index (κ1) is 19.6. The van der Waals surface area contributed by atoms with Crippen molar-refractivity contribution < 1.29 is 9.53 Å². The minimum Gasteiger partial charge on any atom is -0.493 e. The Morgan fingerprint density at radius 1 is 1.07 bits per heavy atom. The molecular weight excluding hydrogens is 356 g/mol. The van der Waals surface area contributed by atoms with E-state index in [1.807, 2.05) is 36.1 Å². The van der Waals surface area contributed by atoms with Gasteiger partial charge < -0.3 is 14.5 Å². The van der Waals surface area contributed by atoms with Crippen LogP contribution in [0.1, 0.15) is 12.5 Å². The lowest BCUT2D eigenvalue weighted by molar-refractivity contribution is -0.130. The lowest BCUT2D eigenvalue weighted by atomic mass is 10.2. The normalized spacial score (nSPS) is 15.5. The first-order valence-electron chi connectivity index (χ1n) is 9.53. The molecule has 1 aliphatic heterocycles. The van der Waals surface area contributed by atoms with Gasteiger partial charge in [0, 0.05) is 37.6 Å². The quantitative estimate of drug-likeness (QED) is 0.679. The SMILES string of the molecule is Cc1cccc(OCCSC(C)C(=O)N2CCN(c3ccccc3)CC2)c1. The first-order chi connectivity index (χ1) is 13.1. The van der Waals surface area contributed by atoms with Crippen molar-refractivity contribution in [1.82, 2.24) is 4.90 Å². The third kappa shape index (κ3) is 5.67. The summed E-state index contributed by atoms with van der Waals surface area (Å²) in [5.41, 5.74) is 2.43. The Labute approximate surface area is 166 Å². The van der Waals surface area contributed by atoms with E-state index in [-0.39, 0.29) is 11.2 Å². The Hall–Kier alpha value is -2.14. The second-order valence-corrected chi connectivity index (χ2v) is 8.27. The van der Waals surface area contributed by atoms with Crippen molar-refractivity contribution in [2.45, 2.75) is 19.1 Å². The minimum atomic E-state index is -0.0330. The van der Waals surface area contributed by atoms with Crippen LogP contribution in [0.2, 0.25) is 0 Å². The van der Waals surface area contributed by atoms with Gasteiger partial charge in [0.1, 0.15) is 5.75 Å². The van der Waals surface area contributed by atoms with Crippen molar-refractivity contribution in [3.63, 3.8) is 0 Å². The van der Waals surface area contributed by atoms with Crippen LogP contribution in [0.5, 0.6) is 5.75 Å². The maximum absolute atomic E-state index is 12.7. The van der Waals surface area contributed by atoms with Gasteiger partial charge in [-0.15, -0.1) is 11.8 Å². The van der Waals surface area contributed by atoms with Crippen LogP contribution in [0.3, 0.4) is 0 Å². The largest absolute Gasteiger partial charge is 0.493 e. The molecule has 0 radical (unpaired) electrons. The summed E-state index contributed by atoms with van der Waals surface area (Å²) in [7, 11) is 0. The molecule has 0 aromatic heterocycles. The molecule has 0 N–H and O–H groups in total. The summed E-state index contributed by atoms with van der Waals surface area (Å²) in [5, 5.41) is -0.0330. The van der Waals surface area contributed by atoms with E-state index in [4.69, 9.17) is 4.74 Å². The Kier molecular flexibility index (Phi) is 7.04. The number of aryl methyl sites for hydroxylation is 1. The van der Waals surface area contributed by atoms with Crippen LogP contribution in [0.25, 0.3) is 0 Å². The summed E-state index contributed by atoms with van der Waals surface area (Å²) in [4.78, 5) is 17.0. The van der Waals surface area contributed by atoms with E-state index < -0.39 is 0 Å². The third-order valence-corrected chi connectivity index (χ3v) is 5.87. The molecule has 1 atom stereocenters. The predicted molar refractivity (Wildman–Crippen MR) is 114 cm³/mol. The van der Waals surface area contributed by atoms with Crippen LogP contribution in [0, 0.1) is 6.92 Å². The summed E-state index contributed by atoms with van der Waals surface area (Å²) < 4.78 is 5.77. The highest BCUT2D eigenvalue weighted by Crippen LogP contribution is 2.19. The van der Waals surface area contributed by atoms with Crippen LogP contribution >= 0.6 is 11.8 Å². The van der Waals surface area contributed by atoms with Gasteiger partial charge in [0.25, 0.3) is 0 Å². The average molecular weight is 385 g/mol. The molecule has 3 rings (SSSR count). The molecule has 0 bridgehead atoms. The van der Waals surface area contributed by atoms with Gasteiger partial charge in [-0.2, -0.15) is 0 Å². The van der Waals surface area contributed by atoms with Gasteiger partial charge >= 0.3 is 0 Å². The number of hydrogen-bond acceptors (Lipinski definition) is 4. The number of piperazine rings is 1. The molecule has 4 nitrogen and oxygen atoms in total. The Bertz CT molecular complexity index is 730. The highest BCUT2D eigenvalue weighted by molar-refractivity contribution is 8.00. The van der Waals surface area contributed by atoms with Gasteiger partial charge in [0.15, 0.2) is 0 Å². The second kappa shape index (κ2) is 9.70. The average Bonchev–Trinajstić information content (AvgIpc) is 2.71.